The summed E-state index contributed by atoms with van der Waals surface area (Å²) in [6.45, 7) is 4.60. The van der Waals surface area contributed by atoms with Gasteiger partial charge in [-0.2, -0.15) is 0 Å². The lowest BCUT2D eigenvalue weighted by atomic mass is 10.1. The van der Waals surface area contributed by atoms with Gasteiger partial charge in [0, 0.05) is 12.5 Å². The van der Waals surface area contributed by atoms with Crippen LogP contribution in [0.25, 0.3) is 0 Å². The van der Waals surface area contributed by atoms with Crippen LogP contribution in [0.2, 0.25) is 0 Å². The molecule has 0 saturated carbocycles. The number of carbonyl (C=O) groups excluding carboxylic acids is 2. The van der Waals surface area contributed by atoms with Gasteiger partial charge in [0.05, 0.1) is 12.6 Å². The fourth-order valence-corrected chi connectivity index (χ4v) is 2.36. The van der Waals surface area contributed by atoms with E-state index in [1.807, 2.05) is 6.92 Å². The van der Waals surface area contributed by atoms with Crippen LogP contribution in [-0.2, 0) is 9.59 Å². The summed E-state index contributed by atoms with van der Waals surface area (Å²) in [5.74, 6) is 2.50. The average Bonchev–Trinajstić information content (AvgIpc) is 2.71. The van der Waals surface area contributed by atoms with Crippen molar-refractivity contribution in [2.75, 3.05) is 13.1 Å². The summed E-state index contributed by atoms with van der Waals surface area (Å²) >= 11 is 0. The van der Waals surface area contributed by atoms with E-state index in [2.05, 4.69) is 16.1 Å². The molecule has 1 aliphatic rings. The Morgan fingerprint density at radius 1 is 1.59 bits per heavy atom. The van der Waals surface area contributed by atoms with Gasteiger partial charge in [-0.05, 0) is 33.2 Å². The van der Waals surface area contributed by atoms with E-state index in [1.54, 1.807) is 6.92 Å². The van der Waals surface area contributed by atoms with Crippen molar-refractivity contribution < 1.29 is 9.59 Å². The van der Waals surface area contributed by atoms with E-state index in [0.717, 1.165) is 19.4 Å². The van der Waals surface area contributed by atoms with Gasteiger partial charge in [-0.25, -0.2) is 0 Å². The van der Waals surface area contributed by atoms with E-state index in [1.165, 1.54) is 0 Å². The third kappa shape index (κ3) is 3.86. The van der Waals surface area contributed by atoms with E-state index in [4.69, 9.17) is 6.42 Å². The molecule has 94 valence electrons. The van der Waals surface area contributed by atoms with Gasteiger partial charge in [0.1, 0.15) is 5.78 Å². The molecule has 2 unspecified atom stereocenters. The van der Waals surface area contributed by atoms with Crippen molar-refractivity contribution in [1.82, 2.24) is 10.2 Å². The highest BCUT2D eigenvalue weighted by Gasteiger charge is 2.32. The van der Waals surface area contributed by atoms with Gasteiger partial charge in [-0.3, -0.25) is 14.5 Å². The van der Waals surface area contributed by atoms with Crippen molar-refractivity contribution in [3.63, 3.8) is 0 Å². The molecule has 0 aromatic heterocycles. The number of likely N-dealkylation sites (tertiary alicyclic amines) is 1. The molecule has 1 rings (SSSR count). The van der Waals surface area contributed by atoms with Crippen molar-refractivity contribution >= 4 is 11.7 Å². The molecule has 0 aromatic rings. The number of hydrogen-bond donors (Lipinski definition) is 1. The molecule has 1 amide bonds. The first kappa shape index (κ1) is 13.7. The van der Waals surface area contributed by atoms with Crippen LogP contribution in [0.3, 0.4) is 0 Å². The highest BCUT2D eigenvalue weighted by Crippen LogP contribution is 2.22. The molecule has 1 aliphatic heterocycles. The maximum absolute atomic E-state index is 11.8. The summed E-state index contributed by atoms with van der Waals surface area (Å²) in [5, 5.41) is 2.68. The van der Waals surface area contributed by atoms with Crippen molar-refractivity contribution in [1.29, 1.82) is 0 Å². The van der Waals surface area contributed by atoms with Crippen LogP contribution in [0.5, 0.6) is 0 Å². The molecular formula is C13H20N2O2. The van der Waals surface area contributed by atoms with Crippen LogP contribution < -0.4 is 5.32 Å². The molecule has 0 spiro atoms. The van der Waals surface area contributed by atoms with Gasteiger partial charge in [0.2, 0.25) is 5.91 Å². The number of carbonyl (C=O) groups is 2. The number of Topliss-reactive ketones (excluding diaryl/α,β-unsaturated/α-hetero) is 1. The smallest absolute Gasteiger partial charge is 0.237 e. The van der Waals surface area contributed by atoms with Gasteiger partial charge in [0.25, 0.3) is 0 Å². The summed E-state index contributed by atoms with van der Waals surface area (Å²) in [4.78, 5) is 25.0. The summed E-state index contributed by atoms with van der Waals surface area (Å²) in [5.41, 5.74) is 0. The number of nitrogens with one attached hydrogen (secondary N) is 1. The lowest BCUT2D eigenvalue weighted by molar-refractivity contribution is -0.127. The predicted molar refractivity (Wildman–Crippen MR) is 66.3 cm³/mol. The Labute approximate surface area is 103 Å². The molecule has 4 nitrogen and oxygen atoms in total. The molecule has 4 heteroatoms. The Kier molecular flexibility index (Phi) is 5.17. The molecule has 1 N–H and O–H groups in total. The van der Waals surface area contributed by atoms with Gasteiger partial charge in [0.15, 0.2) is 0 Å². The fraction of sp³-hybridized carbons (Fsp3) is 0.692. The molecule has 0 bridgehead atoms. The number of rotatable bonds is 5. The van der Waals surface area contributed by atoms with Crippen LogP contribution in [0.15, 0.2) is 0 Å². The highest BCUT2D eigenvalue weighted by molar-refractivity contribution is 5.82. The standard InChI is InChI=1S/C13H20N2O2/c1-4-7-14-13(17)11(3)15-8-5-6-12(15)9-10(2)16/h1,11-12H,5-9H2,2-3H3,(H,14,17). The number of ketones is 1. The fourth-order valence-electron chi connectivity index (χ4n) is 2.36. The van der Waals surface area contributed by atoms with Gasteiger partial charge >= 0.3 is 0 Å². The number of hydrogen-bond acceptors (Lipinski definition) is 3. The molecule has 17 heavy (non-hydrogen) atoms. The third-order valence-corrected chi connectivity index (χ3v) is 3.19. The predicted octanol–water partition coefficient (Wildman–Crippen LogP) is 0.568. The van der Waals surface area contributed by atoms with Crippen LogP contribution >= 0.6 is 0 Å². The maximum Gasteiger partial charge on any atom is 0.237 e. The van der Waals surface area contributed by atoms with Crippen LogP contribution in [0.4, 0.5) is 0 Å². The van der Waals surface area contributed by atoms with Gasteiger partial charge in [-0.15, -0.1) is 6.42 Å². The minimum absolute atomic E-state index is 0.0570. The number of terminal acetylenes is 1. The second-order valence-corrected chi connectivity index (χ2v) is 4.54. The zero-order valence-electron chi connectivity index (χ0n) is 10.5. The summed E-state index contributed by atoms with van der Waals surface area (Å²) in [6.07, 6.45) is 7.67. The van der Waals surface area contributed by atoms with Crippen LogP contribution in [-0.4, -0.2) is 41.8 Å². The summed E-state index contributed by atoms with van der Waals surface area (Å²) in [6, 6.07) is -0.00529. The zero-order chi connectivity index (χ0) is 12.8. The van der Waals surface area contributed by atoms with Crippen molar-refractivity contribution in [2.45, 2.75) is 45.2 Å². The molecule has 1 heterocycles. The number of nitrogens with zero attached hydrogens (tertiary/aromatic N) is 1. The maximum atomic E-state index is 11.8. The van der Waals surface area contributed by atoms with Crippen molar-refractivity contribution in [3.8, 4) is 12.3 Å². The van der Waals surface area contributed by atoms with Crippen LogP contribution in [0, 0.1) is 12.3 Å². The first-order chi connectivity index (χ1) is 8.06. The van der Waals surface area contributed by atoms with Gasteiger partial charge in [-0.1, -0.05) is 5.92 Å². The second kappa shape index (κ2) is 6.41. The third-order valence-electron chi connectivity index (χ3n) is 3.19. The minimum atomic E-state index is -0.213. The molecule has 1 saturated heterocycles. The van der Waals surface area contributed by atoms with Gasteiger partial charge < -0.3 is 5.32 Å². The topological polar surface area (TPSA) is 49.4 Å². The molecule has 0 aromatic carbocycles. The first-order valence-electron chi connectivity index (χ1n) is 6.02. The molecule has 0 aliphatic carbocycles. The monoisotopic (exact) mass is 236 g/mol. The largest absolute Gasteiger partial charge is 0.344 e. The van der Waals surface area contributed by atoms with Crippen LogP contribution in [0.1, 0.15) is 33.1 Å². The van der Waals surface area contributed by atoms with E-state index in [-0.39, 0.29) is 30.3 Å². The lowest BCUT2D eigenvalue weighted by Crippen LogP contribution is -2.47. The van der Waals surface area contributed by atoms with Crippen molar-refractivity contribution in [3.05, 3.63) is 0 Å². The number of amides is 1. The zero-order valence-corrected chi connectivity index (χ0v) is 10.5. The van der Waals surface area contributed by atoms with E-state index >= 15 is 0 Å². The Morgan fingerprint density at radius 2 is 2.29 bits per heavy atom. The Bertz CT molecular complexity index is 333. The lowest BCUT2D eigenvalue weighted by Gasteiger charge is -2.29. The normalized spacial score (nSPS) is 21.8. The molecule has 1 fully saturated rings. The average molecular weight is 236 g/mol. The Hall–Kier alpha value is -1.34. The molecule has 0 radical (unpaired) electrons. The Morgan fingerprint density at radius 3 is 2.88 bits per heavy atom. The Balaban J connectivity index is 2.55. The van der Waals surface area contributed by atoms with E-state index in [0.29, 0.717) is 6.42 Å². The summed E-state index contributed by atoms with van der Waals surface area (Å²) in [7, 11) is 0. The second-order valence-electron chi connectivity index (χ2n) is 4.54. The first-order valence-corrected chi connectivity index (χ1v) is 6.02. The summed E-state index contributed by atoms with van der Waals surface area (Å²) < 4.78 is 0. The highest BCUT2D eigenvalue weighted by atomic mass is 16.2. The molecule has 2 atom stereocenters. The molecular weight excluding hydrogens is 216 g/mol. The van der Waals surface area contributed by atoms with E-state index in [9.17, 15) is 9.59 Å². The quantitative estimate of drug-likeness (QED) is 0.710. The van der Waals surface area contributed by atoms with Crippen molar-refractivity contribution in [2.24, 2.45) is 0 Å². The van der Waals surface area contributed by atoms with E-state index < -0.39 is 0 Å². The minimum Gasteiger partial charge on any atom is -0.344 e. The SMILES string of the molecule is C#CCNC(=O)C(C)N1CCCC1CC(C)=O.